The van der Waals surface area contributed by atoms with Gasteiger partial charge in [0, 0.05) is 10.5 Å². The standard InChI is InChI=1S/C16H19BrN2O/c1-20-15-9-2-12(3-10-15)4-11-16(19-18)13-5-7-14(17)8-6-13/h2-3,5-10,16,19H,4,11,18H2,1H3. The molecule has 0 aromatic heterocycles. The first-order chi connectivity index (χ1) is 9.72. The second-order valence-corrected chi connectivity index (χ2v) is 5.57. The molecule has 0 saturated heterocycles. The van der Waals surface area contributed by atoms with Crippen LogP contribution in [0.25, 0.3) is 0 Å². The third-order valence-electron chi connectivity index (χ3n) is 3.35. The number of rotatable bonds is 6. The lowest BCUT2D eigenvalue weighted by atomic mass is 9.99. The van der Waals surface area contributed by atoms with Crippen molar-refractivity contribution in [1.82, 2.24) is 5.43 Å². The van der Waals surface area contributed by atoms with Crippen molar-refractivity contribution in [3.63, 3.8) is 0 Å². The van der Waals surface area contributed by atoms with Gasteiger partial charge in [-0.05, 0) is 48.2 Å². The van der Waals surface area contributed by atoms with Crippen LogP contribution in [0.5, 0.6) is 5.75 Å². The highest BCUT2D eigenvalue weighted by molar-refractivity contribution is 9.10. The van der Waals surface area contributed by atoms with Crippen molar-refractivity contribution in [2.45, 2.75) is 18.9 Å². The van der Waals surface area contributed by atoms with E-state index >= 15 is 0 Å². The molecular weight excluding hydrogens is 316 g/mol. The van der Waals surface area contributed by atoms with Crippen LogP contribution in [0.2, 0.25) is 0 Å². The topological polar surface area (TPSA) is 47.3 Å². The fraction of sp³-hybridized carbons (Fsp3) is 0.250. The van der Waals surface area contributed by atoms with Crippen molar-refractivity contribution >= 4 is 15.9 Å². The number of halogens is 1. The van der Waals surface area contributed by atoms with Gasteiger partial charge < -0.3 is 4.74 Å². The van der Waals surface area contributed by atoms with Crippen LogP contribution in [0.3, 0.4) is 0 Å². The van der Waals surface area contributed by atoms with Crippen molar-refractivity contribution in [3.05, 3.63) is 64.1 Å². The summed E-state index contributed by atoms with van der Waals surface area (Å²) in [6, 6.07) is 16.6. The fourth-order valence-electron chi connectivity index (χ4n) is 2.14. The molecule has 0 bridgehead atoms. The van der Waals surface area contributed by atoms with Gasteiger partial charge >= 0.3 is 0 Å². The molecule has 0 amide bonds. The first-order valence-electron chi connectivity index (χ1n) is 6.57. The maximum absolute atomic E-state index is 5.67. The van der Waals surface area contributed by atoms with Gasteiger partial charge in [-0.15, -0.1) is 0 Å². The zero-order valence-corrected chi connectivity index (χ0v) is 13.1. The van der Waals surface area contributed by atoms with Crippen LogP contribution in [0.1, 0.15) is 23.6 Å². The van der Waals surface area contributed by atoms with E-state index in [-0.39, 0.29) is 6.04 Å². The van der Waals surface area contributed by atoms with Gasteiger partial charge in [-0.3, -0.25) is 11.3 Å². The molecule has 0 aliphatic rings. The Morgan fingerprint density at radius 3 is 2.30 bits per heavy atom. The predicted octanol–water partition coefficient (Wildman–Crippen LogP) is 3.59. The van der Waals surface area contributed by atoms with Gasteiger partial charge in [0.2, 0.25) is 0 Å². The molecule has 0 aliphatic carbocycles. The number of hydrogen-bond acceptors (Lipinski definition) is 3. The molecule has 0 saturated carbocycles. The Labute approximate surface area is 128 Å². The molecule has 106 valence electrons. The van der Waals surface area contributed by atoms with Gasteiger partial charge in [-0.25, -0.2) is 0 Å². The highest BCUT2D eigenvalue weighted by Crippen LogP contribution is 2.21. The number of nitrogens with two attached hydrogens (primary N) is 1. The second kappa shape index (κ2) is 7.43. The fourth-order valence-corrected chi connectivity index (χ4v) is 2.41. The van der Waals surface area contributed by atoms with Gasteiger partial charge in [0.1, 0.15) is 5.75 Å². The maximum Gasteiger partial charge on any atom is 0.118 e. The molecule has 4 heteroatoms. The van der Waals surface area contributed by atoms with Crippen LogP contribution < -0.4 is 16.0 Å². The third kappa shape index (κ3) is 4.07. The van der Waals surface area contributed by atoms with Gasteiger partial charge in [0.15, 0.2) is 0 Å². The number of nitrogens with one attached hydrogen (secondary N) is 1. The van der Waals surface area contributed by atoms with E-state index in [1.807, 2.05) is 24.3 Å². The summed E-state index contributed by atoms with van der Waals surface area (Å²) in [5, 5.41) is 0. The Morgan fingerprint density at radius 1 is 1.10 bits per heavy atom. The Hall–Kier alpha value is -1.36. The molecule has 0 fully saturated rings. The first kappa shape index (κ1) is 15.0. The Bertz CT molecular complexity index is 525. The molecular formula is C16H19BrN2O. The SMILES string of the molecule is COc1ccc(CCC(NN)c2ccc(Br)cc2)cc1. The summed E-state index contributed by atoms with van der Waals surface area (Å²) < 4.78 is 6.24. The van der Waals surface area contributed by atoms with Gasteiger partial charge in [0.05, 0.1) is 7.11 Å². The first-order valence-corrected chi connectivity index (χ1v) is 7.36. The lowest BCUT2D eigenvalue weighted by Crippen LogP contribution is -2.28. The van der Waals surface area contributed by atoms with Gasteiger partial charge in [-0.1, -0.05) is 40.2 Å². The number of benzene rings is 2. The number of aryl methyl sites for hydroxylation is 1. The van der Waals surface area contributed by atoms with Crippen molar-refractivity contribution in [1.29, 1.82) is 0 Å². The average Bonchev–Trinajstić information content (AvgIpc) is 2.50. The van der Waals surface area contributed by atoms with E-state index in [9.17, 15) is 0 Å². The summed E-state index contributed by atoms with van der Waals surface area (Å²) in [5.74, 6) is 6.56. The highest BCUT2D eigenvalue weighted by atomic mass is 79.9. The average molecular weight is 335 g/mol. The van der Waals surface area contributed by atoms with Crippen molar-refractivity contribution < 1.29 is 4.74 Å². The van der Waals surface area contributed by atoms with Crippen molar-refractivity contribution in [2.24, 2.45) is 5.84 Å². The second-order valence-electron chi connectivity index (χ2n) is 4.66. The predicted molar refractivity (Wildman–Crippen MR) is 85.5 cm³/mol. The summed E-state index contributed by atoms with van der Waals surface area (Å²) in [4.78, 5) is 0. The van der Waals surface area contributed by atoms with E-state index in [2.05, 4.69) is 45.6 Å². The van der Waals surface area contributed by atoms with E-state index < -0.39 is 0 Å². The molecule has 0 aliphatic heterocycles. The number of hydrogen-bond donors (Lipinski definition) is 2. The Morgan fingerprint density at radius 2 is 1.75 bits per heavy atom. The van der Waals surface area contributed by atoms with E-state index in [0.717, 1.165) is 23.1 Å². The minimum atomic E-state index is 0.158. The number of ether oxygens (including phenoxy) is 1. The molecule has 0 radical (unpaired) electrons. The van der Waals surface area contributed by atoms with E-state index in [4.69, 9.17) is 10.6 Å². The third-order valence-corrected chi connectivity index (χ3v) is 3.88. The molecule has 3 nitrogen and oxygen atoms in total. The van der Waals surface area contributed by atoms with Crippen LogP contribution in [-0.2, 0) is 6.42 Å². The minimum Gasteiger partial charge on any atom is -0.497 e. The van der Waals surface area contributed by atoms with Crippen LogP contribution in [0, 0.1) is 0 Å². The van der Waals surface area contributed by atoms with Crippen molar-refractivity contribution in [2.75, 3.05) is 7.11 Å². The largest absolute Gasteiger partial charge is 0.497 e. The summed E-state index contributed by atoms with van der Waals surface area (Å²) in [7, 11) is 1.68. The zero-order valence-electron chi connectivity index (χ0n) is 11.5. The van der Waals surface area contributed by atoms with E-state index in [1.54, 1.807) is 7.11 Å². The van der Waals surface area contributed by atoms with Crippen LogP contribution >= 0.6 is 15.9 Å². The molecule has 0 heterocycles. The van der Waals surface area contributed by atoms with E-state index in [1.165, 1.54) is 11.1 Å². The van der Waals surface area contributed by atoms with Crippen LogP contribution in [0.15, 0.2) is 53.0 Å². The summed E-state index contributed by atoms with van der Waals surface area (Å²) >= 11 is 3.44. The normalized spacial score (nSPS) is 12.2. The van der Waals surface area contributed by atoms with Crippen LogP contribution in [0.4, 0.5) is 0 Å². The lowest BCUT2D eigenvalue weighted by molar-refractivity contribution is 0.414. The summed E-state index contributed by atoms with van der Waals surface area (Å²) in [5.41, 5.74) is 5.37. The molecule has 2 rings (SSSR count). The molecule has 1 atom stereocenters. The summed E-state index contributed by atoms with van der Waals surface area (Å²) in [6.45, 7) is 0. The molecule has 2 aromatic rings. The monoisotopic (exact) mass is 334 g/mol. The van der Waals surface area contributed by atoms with Crippen molar-refractivity contribution in [3.8, 4) is 5.75 Å². The molecule has 3 N–H and O–H groups in total. The van der Waals surface area contributed by atoms with Gasteiger partial charge in [0.25, 0.3) is 0 Å². The zero-order chi connectivity index (χ0) is 14.4. The van der Waals surface area contributed by atoms with Gasteiger partial charge in [-0.2, -0.15) is 0 Å². The molecule has 0 spiro atoms. The Kier molecular flexibility index (Phi) is 5.59. The van der Waals surface area contributed by atoms with Crippen LogP contribution in [-0.4, -0.2) is 7.11 Å². The summed E-state index contributed by atoms with van der Waals surface area (Å²) in [6.07, 6.45) is 1.92. The quantitative estimate of drug-likeness (QED) is 0.626. The Balaban J connectivity index is 1.97. The lowest BCUT2D eigenvalue weighted by Gasteiger charge is -2.16. The highest BCUT2D eigenvalue weighted by Gasteiger charge is 2.09. The van der Waals surface area contributed by atoms with E-state index in [0.29, 0.717) is 0 Å². The number of methoxy groups -OCH3 is 1. The molecule has 20 heavy (non-hydrogen) atoms. The molecule has 2 aromatic carbocycles. The number of hydrazine groups is 1. The maximum atomic E-state index is 5.67. The molecule has 1 unspecified atom stereocenters. The smallest absolute Gasteiger partial charge is 0.118 e. The minimum absolute atomic E-state index is 0.158.